The van der Waals surface area contributed by atoms with Crippen molar-refractivity contribution in [3.05, 3.63) is 59.4 Å². The van der Waals surface area contributed by atoms with Crippen LogP contribution in [0.5, 0.6) is 0 Å². The second-order valence-electron chi connectivity index (χ2n) is 5.61. The summed E-state index contributed by atoms with van der Waals surface area (Å²) in [5, 5.41) is 16.8. The van der Waals surface area contributed by atoms with Crippen LogP contribution >= 0.6 is 0 Å². The first-order chi connectivity index (χ1) is 12.2. The minimum absolute atomic E-state index is 0.309. The van der Waals surface area contributed by atoms with E-state index in [1.165, 1.54) is 12.3 Å². The van der Waals surface area contributed by atoms with Gasteiger partial charge in [0.05, 0.1) is 24.4 Å². The van der Waals surface area contributed by atoms with E-state index in [1.807, 2.05) is 17.9 Å². The molecule has 0 unspecified atom stereocenters. The maximum Gasteiger partial charge on any atom is 0.283 e. The van der Waals surface area contributed by atoms with Crippen molar-refractivity contribution < 1.29 is 13.2 Å². The molecule has 2 aromatic heterocycles. The van der Waals surface area contributed by atoms with Gasteiger partial charge in [-0.15, -0.1) is 10.2 Å². The number of rotatable bonds is 7. The Morgan fingerprint density at radius 1 is 1.24 bits per heavy atom. The standard InChI is InChI=1S/C18H17FN4O2/c1-2-7-23(11-14-6-5-13(10-20)9-15(14)19)12-17-21-22-18(25-17)16-4-3-8-24-16/h3-6,8-9H,2,7,11-12H2,1H3. The molecule has 6 nitrogen and oxygen atoms in total. The van der Waals surface area contributed by atoms with Crippen LogP contribution in [0.4, 0.5) is 4.39 Å². The molecule has 0 saturated carbocycles. The van der Waals surface area contributed by atoms with Crippen molar-refractivity contribution >= 4 is 0 Å². The molecule has 128 valence electrons. The van der Waals surface area contributed by atoms with Crippen molar-refractivity contribution in [2.75, 3.05) is 6.54 Å². The Balaban J connectivity index is 1.72. The fourth-order valence-electron chi connectivity index (χ4n) is 2.52. The Morgan fingerprint density at radius 2 is 2.12 bits per heavy atom. The van der Waals surface area contributed by atoms with Crippen molar-refractivity contribution in [2.24, 2.45) is 0 Å². The van der Waals surface area contributed by atoms with Gasteiger partial charge in [-0.1, -0.05) is 13.0 Å². The molecule has 0 saturated heterocycles. The van der Waals surface area contributed by atoms with Crippen LogP contribution in [0.3, 0.4) is 0 Å². The lowest BCUT2D eigenvalue weighted by molar-refractivity contribution is 0.228. The van der Waals surface area contributed by atoms with Gasteiger partial charge in [0.15, 0.2) is 5.76 Å². The molecule has 0 atom stereocenters. The molecule has 0 spiro atoms. The molecule has 3 aromatic rings. The number of benzene rings is 1. The van der Waals surface area contributed by atoms with Crippen molar-refractivity contribution in [3.63, 3.8) is 0 Å². The third-order valence-electron chi connectivity index (χ3n) is 3.67. The molecule has 0 aliphatic heterocycles. The number of halogens is 1. The molecular weight excluding hydrogens is 323 g/mol. The van der Waals surface area contributed by atoms with Crippen LogP contribution in [-0.2, 0) is 13.1 Å². The molecule has 0 bridgehead atoms. The van der Waals surface area contributed by atoms with E-state index in [2.05, 4.69) is 10.2 Å². The summed E-state index contributed by atoms with van der Waals surface area (Å²) in [4.78, 5) is 2.02. The van der Waals surface area contributed by atoms with Gasteiger partial charge in [0, 0.05) is 12.1 Å². The number of hydrogen-bond acceptors (Lipinski definition) is 6. The van der Waals surface area contributed by atoms with Crippen molar-refractivity contribution in [1.29, 1.82) is 5.26 Å². The summed E-state index contributed by atoms with van der Waals surface area (Å²) >= 11 is 0. The maximum absolute atomic E-state index is 14.1. The first kappa shape index (κ1) is 16.9. The summed E-state index contributed by atoms with van der Waals surface area (Å²) in [6, 6.07) is 9.93. The van der Waals surface area contributed by atoms with Gasteiger partial charge in [-0.25, -0.2) is 4.39 Å². The second kappa shape index (κ2) is 7.73. The Labute approximate surface area is 144 Å². The molecule has 1 aromatic carbocycles. The highest BCUT2D eigenvalue weighted by Gasteiger charge is 2.15. The van der Waals surface area contributed by atoms with Crippen LogP contribution < -0.4 is 0 Å². The predicted octanol–water partition coefficient (Wildman–Crippen LogP) is 3.75. The van der Waals surface area contributed by atoms with Crippen molar-refractivity contribution in [2.45, 2.75) is 26.4 Å². The third-order valence-corrected chi connectivity index (χ3v) is 3.67. The van der Waals surface area contributed by atoms with Gasteiger partial charge in [0.1, 0.15) is 5.82 Å². The zero-order valence-electron chi connectivity index (χ0n) is 13.8. The number of aromatic nitrogens is 2. The highest BCUT2D eigenvalue weighted by Crippen LogP contribution is 2.20. The van der Waals surface area contributed by atoms with Crippen molar-refractivity contribution in [3.8, 4) is 17.7 Å². The van der Waals surface area contributed by atoms with Crippen LogP contribution in [0.15, 0.2) is 45.4 Å². The van der Waals surface area contributed by atoms with Gasteiger partial charge < -0.3 is 8.83 Å². The molecule has 0 aliphatic carbocycles. The highest BCUT2D eigenvalue weighted by atomic mass is 19.1. The van der Waals surface area contributed by atoms with Crippen molar-refractivity contribution in [1.82, 2.24) is 15.1 Å². The van der Waals surface area contributed by atoms with Gasteiger partial charge in [0.25, 0.3) is 5.89 Å². The lowest BCUT2D eigenvalue weighted by Crippen LogP contribution is -2.24. The summed E-state index contributed by atoms with van der Waals surface area (Å²) in [7, 11) is 0. The smallest absolute Gasteiger partial charge is 0.283 e. The monoisotopic (exact) mass is 340 g/mol. The van der Waals surface area contributed by atoms with Gasteiger partial charge in [-0.05, 0) is 37.2 Å². The summed E-state index contributed by atoms with van der Waals surface area (Å²) in [5.74, 6) is 0.885. The van der Waals surface area contributed by atoms with Crippen LogP contribution in [0.1, 0.15) is 30.4 Å². The van der Waals surface area contributed by atoms with E-state index >= 15 is 0 Å². The van der Waals surface area contributed by atoms with Crippen LogP contribution in [-0.4, -0.2) is 21.6 Å². The molecule has 0 N–H and O–H groups in total. The number of nitrogens with zero attached hydrogens (tertiary/aromatic N) is 4. The van der Waals surface area contributed by atoms with E-state index < -0.39 is 0 Å². The molecule has 0 radical (unpaired) electrons. The molecule has 3 rings (SSSR count). The van der Waals surface area contributed by atoms with Crippen LogP contribution in [0, 0.1) is 17.1 Å². The van der Waals surface area contributed by atoms with Gasteiger partial charge in [-0.2, -0.15) is 5.26 Å². The Hall–Kier alpha value is -2.98. The molecule has 2 heterocycles. The maximum atomic E-state index is 14.1. The SMILES string of the molecule is CCCN(Cc1nnc(-c2ccco2)o1)Cc1ccc(C#N)cc1F. The molecule has 0 amide bonds. The van der Waals surface area contributed by atoms with E-state index in [4.69, 9.17) is 14.1 Å². The minimum Gasteiger partial charge on any atom is -0.459 e. The van der Waals surface area contributed by atoms with Gasteiger partial charge in [-0.3, -0.25) is 4.90 Å². The fraction of sp³-hybridized carbons (Fsp3) is 0.278. The van der Waals surface area contributed by atoms with Gasteiger partial charge in [0.2, 0.25) is 5.89 Å². The average Bonchev–Trinajstić information content (AvgIpc) is 3.28. The Kier molecular flexibility index (Phi) is 5.21. The predicted molar refractivity (Wildman–Crippen MR) is 87.5 cm³/mol. The Morgan fingerprint density at radius 3 is 2.80 bits per heavy atom. The first-order valence-corrected chi connectivity index (χ1v) is 7.96. The summed E-state index contributed by atoms with van der Waals surface area (Å²) in [5.41, 5.74) is 0.835. The molecule has 0 fully saturated rings. The number of hydrogen-bond donors (Lipinski definition) is 0. The third kappa shape index (κ3) is 4.11. The van der Waals surface area contributed by atoms with E-state index in [-0.39, 0.29) is 5.82 Å². The Bertz CT molecular complexity index is 868. The lowest BCUT2D eigenvalue weighted by Gasteiger charge is -2.20. The number of furan rings is 1. The van der Waals surface area contributed by atoms with E-state index in [0.29, 0.717) is 41.8 Å². The van der Waals surface area contributed by atoms with E-state index in [0.717, 1.165) is 13.0 Å². The van der Waals surface area contributed by atoms with Crippen LogP contribution in [0.2, 0.25) is 0 Å². The zero-order chi connectivity index (χ0) is 17.6. The normalized spacial score (nSPS) is 11.0. The molecule has 0 aliphatic rings. The topological polar surface area (TPSA) is 79.1 Å². The van der Waals surface area contributed by atoms with Crippen LogP contribution in [0.25, 0.3) is 11.7 Å². The summed E-state index contributed by atoms with van der Waals surface area (Å²) in [6.07, 6.45) is 2.44. The van der Waals surface area contributed by atoms with Gasteiger partial charge >= 0.3 is 0 Å². The molecular formula is C18H17FN4O2. The minimum atomic E-state index is -0.387. The summed E-state index contributed by atoms with van der Waals surface area (Å²) < 4.78 is 25.0. The van der Waals surface area contributed by atoms with E-state index in [1.54, 1.807) is 24.3 Å². The molecule has 25 heavy (non-hydrogen) atoms. The number of nitriles is 1. The fourth-order valence-corrected chi connectivity index (χ4v) is 2.52. The first-order valence-electron chi connectivity index (χ1n) is 7.96. The highest BCUT2D eigenvalue weighted by molar-refractivity contribution is 5.42. The largest absolute Gasteiger partial charge is 0.459 e. The second-order valence-corrected chi connectivity index (χ2v) is 5.61. The lowest BCUT2D eigenvalue weighted by atomic mass is 10.1. The zero-order valence-corrected chi connectivity index (χ0v) is 13.8. The molecule has 7 heteroatoms. The van der Waals surface area contributed by atoms with E-state index in [9.17, 15) is 4.39 Å². The quantitative estimate of drug-likeness (QED) is 0.652. The average molecular weight is 340 g/mol. The summed E-state index contributed by atoms with van der Waals surface area (Å²) in [6.45, 7) is 3.59.